The van der Waals surface area contributed by atoms with Crippen molar-refractivity contribution >= 4 is 11.3 Å². The molecule has 0 fully saturated rings. The molecule has 2 nitrogen and oxygen atoms in total. The zero-order valence-electron chi connectivity index (χ0n) is 9.60. The van der Waals surface area contributed by atoms with Gasteiger partial charge in [-0.15, -0.1) is 11.3 Å². The number of thiazole rings is 1. The standard InChI is InChI=1S/C13H16N2S/c1-10-8-15-13(16-10)9-14-11(2)12-6-4-3-5-7-12/h3-8,11,14H,9H2,1-2H3. The second kappa shape index (κ2) is 5.23. The van der Waals surface area contributed by atoms with E-state index in [-0.39, 0.29) is 0 Å². The Morgan fingerprint density at radius 2 is 2.06 bits per heavy atom. The molecule has 0 radical (unpaired) electrons. The Kier molecular flexibility index (Phi) is 3.70. The van der Waals surface area contributed by atoms with Gasteiger partial charge in [0.15, 0.2) is 0 Å². The highest BCUT2D eigenvalue weighted by molar-refractivity contribution is 7.11. The third-order valence-electron chi connectivity index (χ3n) is 2.53. The van der Waals surface area contributed by atoms with Gasteiger partial charge in [0.2, 0.25) is 0 Å². The first-order valence-corrected chi connectivity index (χ1v) is 6.27. The molecule has 1 unspecified atom stereocenters. The maximum atomic E-state index is 4.34. The highest BCUT2D eigenvalue weighted by atomic mass is 32.1. The Morgan fingerprint density at radius 3 is 2.69 bits per heavy atom. The lowest BCUT2D eigenvalue weighted by Gasteiger charge is -2.12. The molecule has 0 amide bonds. The minimum absolute atomic E-state index is 0.366. The summed E-state index contributed by atoms with van der Waals surface area (Å²) in [6.45, 7) is 5.10. The number of aromatic nitrogens is 1. The lowest BCUT2D eigenvalue weighted by atomic mass is 10.1. The van der Waals surface area contributed by atoms with Crippen molar-refractivity contribution in [3.8, 4) is 0 Å². The lowest BCUT2D eigenvalue weighted by Crippen LogP contribution is -2.17. The van der Waals surface area contributed by atoms with Gasteiger partial charge in [0.1, 0.15) is 5.01 Å². The fourth-order valence-electron chi connectivity index (χ4n) is 1.58. The van der Waals surface area contributed by atoms with Crippen LogP contribution in [0.3, 0.4) is 0 Å². The Hall–Kier alpha value is -1.19. The SMILES string of the molecule is Cc1cnc(CNC(C)c2ccccc2)s1. The van der Waals surface area contributed by atoms with Gasteiger partial charge in [0.05, 0.1) is 0 Å². The van der Waals surface area contributed by atoms with Gasteiger partial charge < -0.3 is 5.32 Å². The molecule has 0 saturated carbocycles. The first-order chi connectivity index (χ1) is 7.75. The van der Waals surface area contributed by atoms with E-state index in [1.54, 1.807) is 11.3 Å². The van der Waals surface area contributed by atoms with Crippen LogP contribution in [0.15, 0.2) is 36.5 Å². The third kappa shape index (κ3) is 2.90. The second-order valence-corrected chi connectivity index (χ2v) is 5.20. The van der Waals surface area contributed by atoms with Crippen LogP contribution in [0.4, 0.5) is 0 Å². The van der Waals surface area contributed by atoms with Crippen LogP contribution < -0.4 is 5.32 Å². The summed E-state index contributed by atoms with van der Waals surface area (Å²) in [7, 11) is 0. The van der Waals surface area contributed by atoms with E-state index in [9.17, 15) is 0 Å². The van der Waals surface area contributed by atoms with Gasteiger partial charge in [-0.25, -0.2) is 4.98 Å². The summed E-state index contributed by atoms with van der Waals surface area (Å²) in [6, 6.07) is 10.8. The molecule has 1 heterocycles. The fraction of sp³-hybridized carbons (Fsp3) is 0.308. The molecule has 2 rings (SSSR count). The van der Waals surface area contributed by atoms with Crippen molar-refractivity contribution in [1.82, 2.24) is 10.3 Å². The normalized spacial score (nSPS) is 12.6. The summed E-state index contributed by atoms with van der Waals surface area (Å²) in [5.74, 6) is 0. The molecule has 84 valence electrons. The van der Waals surface area contributed by atoms with Crippen molar-refractivity contribution in [2.75, 3.05) is 0 Å². The molecule has 1 aromatic heterocycles. The number of nitrogens with one attached hydrogen (secondary N) is 1. The molecule has 0 saturated heterocycles. The first kappa shape index (κ1) is 11.3. The number of hydrogen-bond acceptors (Lipinski definition) is 3. The van der Waals surface area contributed by atoms with Gasteiger partial charge >= 0.3 is 0 Å². The number of hydrogen-bond donors (Lipinski definition) is 1. The molecule has 16 heavy (non-hydrogen) atoms. The van der Waals surface area contributed by atoms with E-state index < -0.39 is 0 Å². The molecule has 0 aliphatic carbocycles. The van der Waals surface area contributed by atoms with Crippen molar-refractivity contribution in [3.05, 3.63) is 52.0 Å². The second-order valence-electron chi connectivity index (χ2n) is 3.88. The molecular weight excluding hydrogens is 216 g/mol. The van der Waals surface area contributed by atoms with E-state index in [1.165, 1.54) is 10.4 Å². The van der Waals surface area contributed by atoms with Crippen molar-refractivity contribution in [3.63, 3.8) is 0 Å². The van der Waals surface area contributed by atoms with Gasteiger partial charge in [0.25, 0.3) is 0 Å². The molecular formula is C13H16N2S. The molecule has 2 aromatic rings. The van der Waals surface area contributed by atoms with Crippen molar-refractivity contribution in [1.29, 1.82) is 0 Å². The van der Waals surface area contributed by atoms with Crippen LogP contribution in [0.1, 0.15) is 28.4 Å². The smallest absolute Gasteiger partial charge is 0.107 e. The maximum Gasteiger partial charge on any atom is 0.107 e. The van der Waals surface area contributed by atoms with Crippen LogP contribution in [0.5, 0.6) is 0 Å². The molecule has 0 aliphatic rings. The summed E-state index contributed by atoms with van der Waals surface area (Å²) in [4.78, 5) is 5.61. The Balaban J connectivity index is 1.91. The molecule has 0 spiro atoms. The van der Waals surface area contributed by atoms with Crippen LogP contribution in [0, 0.1) is 6.92 Å². The number of aryl methyl sites for hydroxylation is 1. The predicted molar refractivity (Wildman–Crippen MR) is 68.5 cm³/mol. The summed E-state index contributed by atoms with van der Waals surface area (Å²) < 4.78 is 0. The Labute approximate surface area is 100 Å². The minimum atomic E-state index is 0.366. The van der Waals surface area contributed by atoms with E-state index in [0.717, 1.165) is 11.6 Å². The highest BCUT2D eigenvalue weighted by Gasteiger charge is 2.05. The monoisotopic (exact) mass is 232 g/mol. The molecule has 1 aromatic carbocycles. The van der Waals surface area contributed by atoms with Crippen LogP contribution >= 0.6 is 11.3 Å². The van der Waals surface area contributed by atoms with Crippen molar-refractivity contribution in [2.45, 2.75) is 26.4 Å². The van der Waals surface area contributed by atoms with Gasteiger partial charge in [-0.05, 0) is 19.4 Å². The summed E-state index contributed by atoms with van der Waals surface area (Å²) in [5.41, 5.74) is 1.32. The zero-order chi connectivity index (χ0) is 11.4. The predicted octanol–water partition coefficient (Wildman–Crippen LogP) is 3.30. The van der Waals surface area contributed by atoms with Crippen LogP contribution in [0.25, 0.3) is 0 Å². The summed E-state index contributed by atoms with van der Waals surface area (Å²) >= 11 is 1.75. The Morgan fingerprint density at radius 1 is 1.31 bits per heavy atom. The van der Waals surface area contributed by atoms with Gasteiger partial charge in [0, 0.05) is 23.7 Å². The van der Waals surface area contributed by atoms with Crippen molar-refractivity contribution < 1.29 is 0 Å². The zero-order valence-corrected chi connectivity index (χ0v) is 10.4. The number of benzene rings is 1. The molecule has 1 atom stereocenters. The van der Waals surface area contributed by atoms with E-state index in [2.05, 4.69) is 48.4 Å². The topological polar surface area (TPSA) is 24.9 Å². The van der Waals surface area contributed by atoms with Gasteiger partial charge in [-0.3, -0.25) is 0 Å². The van der Waals surface area contributed by atoms with Crippen LogP contribution in [-0.4, -0.2) is 4.98 Å². The number of rotatable bonds is 4. The van der Waals surface area contributed by atoms with E-state index in [4.69, 9.17) is 0 Å². The Bertz CT molecular complexity index is 436. The van der Waals surface area contributed by atoms with Gasteiger partial charge in [-0.1, -0.05) is 30.3 Å². The average molecular weight is 232 g/mol. The average Bonchev–Trinajstić information content (AvgIpc) is 2.73. The largest absolute Gasteiger partial charge is 0.304 e. The van der Waals surface area contributed by atoms with Crippen LogP contribution in [0.2, 0.25) is 0 Å². The first-order valence-electron chi connectivity index (χ1n) is 5.45. The van der Waals surface area contributed by atoms with Gasteiger partial charge in [-0.2, -0.15) is 0 Å². The molecule has 0 aliphatic heterocycles. The maximum absolute atomic E-state index is 4.34. The summed E-state index contributed by atoms with van der Waals surface area (Å²) in [6.07, 6.45) is 1.93. The lowest BCUT2D eigenvalue weighted by molar-refractivity contribution is 0.573. The van der Waals surface area contributed by atoms with E-state index >= 15 is 0 Å². The van der Waals surface area contributed by atoms with E-state index in [0.29, 0.717) is 6.04 Å². The quantitative estimate of drug-likeness (QED) is 0.875. The molecule has 1 N–H and O–H groups in total. The number of nitrogens with zero attached hydrogens (tertiary/aromatic N) is 1. The van der Waals surface area contributed by atoms with E-state index in [1.807, 2.05) is 12.3 Å². The molecule has 3 heteroatoms. The summed E-state index contributed by atoms with van der Waals surface area (Å²) in [5, 5.41) is 4.63. The van der Waals surface area contributed by atoms with Crippen molar-refractivity contribution in [2.24, 2.45) is 0 Å². The third-order valence-corrected chi connectivity index (χ3v) is 3.44. The van der Waals surface area contributed by atoms with Crippen LogP contribution in [-0.2, 0) is 6.54 Å². The highest BCUT2D eigenvalue weighted by Crippen LogP contribution is 2.14. The molecule has 0 bridgehead atoms. The fourth-order valence-corrected chi connectivity index (χ4v) is 2.32. The minimum Gasteiger partial charge on any atom is -0.304 e.